The number of nitrogens with one attached hydrogen (secondary N) is 3. The number of sulfonamides is 1. The molecule has 2 aromatic heterocycles. The summed E-state index contributed by atoms with van der Waals surface area (Å²) in [6.07, 6.45) is 4.77. The summed E-state index contributed by atoms with van der Waals surface area (Å²) in [5, 5.41) is 12.8. The molecule has 0 saturated carbocycles. The zero-order chi connectivity index (χ0) is 20.1. The number of carbonyl (C=O) groups is 1. The van der Waals surface area contributed by atoms with E-state index in [4.69, 9.17) is 0 Å². The lowest BCUT2D eigenvalue weighted by Crippen LogP contribution is -2.26. The first-order valence-corrected chi connectivity index (χ1v) is 9.78. The van der Waals surface area contributed by atoms with Gasteiger partial charge in [0.2, 0.25) is 10.0 Å². The number of hydrogen-bond acceptors (Lipinski definition) is 5. The Balaban J connectivity index is 1.82. The highest BCUT2D eigenvalue weighted by Gasteiger charge is 2.17. The third-order valence-corrected chi connectivity index (χ3v) is 5.63. The predicted molar refractivity (Wildman–Crippen MR) is 104 cm³/mol. The van der Waals surface area contributed by atoms with E-state index < -0.39 is 15.9 Å². The lowest BCUT2D eigenvalue weighted by atomic mass is 10.1. The van der Waals surface area contributed by atoms with Crippen molar-refractivity contribution in [3.63, 3.8) is 0 Å². The standard InChI is InChI=1S/C19H17N5O3S/c1-21-28(26,27)17-7-3-2-5-13(17)11-24-19(25)14(10-20)9-15-12-23-18-16(15)6-4-8-22-18/h2-9,12,21H,11H2,1H3,(H,22,23)(H,24,25)/b14-9+. The van der Waals surface area contributed by atoms with Gasteiger partial charge in [-0.1, -0.05) is 18.2 Å². The number of pyridine rings is 1. The van der Waals surface area contributed by atoms with Crippen LogP contribution in [-0.2, 0) is 21.4 Å². The number of nitriles is 1. The maximum absolute atomic E-state index is 12.4. The normalized spacial score (nSPS) is 11.9. The van der Waals surface area contributed by atoms with Crippen LogP contribution >= 0.6 is 0 Å². The molecule has 1 amide bonds. The van der Waals surface area contributed by atoms with Gasteiger partial charge in [-0.25, -0.2) is 18.1 Å². The SMILES string of the molecule is CNS(=O)(=O)c1ccccc1CNC(=O)/C(C#N)=C/c1c[nH]c2ncccc12. The van der Waals surface area contributed by atoms with Crippen LogP contribution in [-0.4, -0.2) is 31.3 Å². The fraction of sp³-hybridized carbons (Fsp3) is 0.105. The second kappa shape index (κ2) is 8.04. The summed E-state index contributed by atoms with van der Waals surface area (Å²) in [7, 11) is -2.34. The van der Waals surface area contributed by atoms with E-state index in [1.807, 2.05) is 12.1 Å². The number of nitrogens with zero attached hydrogens (tertiary/aromatic N) is 2. The van der Waals surface area contributed by atoms with Gasteiger partial charge in [-0.3, -0.25) is 4.79 Å². The lowest BCUT2D eigenvalue weighted by Gasteiger charge is -2.10. The van der Waals surface area contributed by atoms with Crippen LogP contribution in [0.5, 0.6) is 0 Å². The van der Waals surface area contributed by atoms with Crippen LogP contribution in [0.1, 0.15) is 11.1 Å². The summed E-state index contributed by atoms with van der Waals surface area (Å²) in [5.41, 5.74) is 1.63. The van der Waals surface area contributed by atoms with E-state index in [1.54, 1.807) is 36.7 Å². The van der Waals surface area contributed by atoms with Crippen LogP contribution in [0.15, 0.2) is 59.3 Å². The Labute approximate surface area is 162 Å². The van der Waals surface area contributed by atoms with Gasteiger partial charge in [0.1, 0.15) is 17.3 Å². The number of rotatable bonds is 6. The highest BCUT2D eigenvalue weighted by molar-refractivity contribution is 7.89. The Bertz CT molecular complexity index is 1210. The molecule has 0 unspecified atom stereocenters. The Kier molecular flexibility index (Phi) is 5.54. The fourth-order valence-electron chi connectivity index (χ4n) is 2.69. The molecule has 3 rings (SSSR count). The summed E-state index contributed by atoms with van der Waals surface area (Å²) in [4.78, 5) is 19.7. The number of amides is 1. The number of aromatic amines is 1. The zero-order valence-corrected chi connectivity index (χ0v) is 15.7. The van der Waals surface area contributed by atoms with E-state index in [0.29, 0.717) is 16.8 Å². The quantitative estimate of drug-likeness (QED) is 0.432. The Morgan fingerprint density at radius 3 is 2.82 bits per heavy atom. The smallest absolute Gasteiger partial charge is 0.262 e. The van der Waals surface area contributed by atoms with Crippen molar-refractivity contribution in [1.29, 1.82) is 5.26 Å². The van der Waals surface area contributed by atoms with Gasteiger partial charge in [-0.15, -0.1) is 0 Å². The van der Waals surface area contributed by atoms with Crippen molar-refractivity contribution < 1.29 is 13.2 Å². The van der Waals surface area contributed by atoms with Gasteiger partial charge in [0.05, 0.1) is 4.90 Å². The van der Waals surface area contributed by atoms with Gasteiger partial charge in [0.25, 0.3) is 5.91 Å². The summed E-state index contributed by atoms with van der Waals surface area (Å²) in [6.45, 7) is -0.0373. The maximum atomic E-state index is 12.4. The first-order valence-electron chi connectivity index (χ1n) is 8.30. The monoisotopic (exact) mass is 395 g/mol. The molecule has 0 aliphatic rings. The molecular formula is C19H17N5O3S. The van der Waals surface area contributed by atoms with Crippen molar-refractivity contribution in [3.05, 3.63) is 65.5 Å². The predicted octanol–water partition coefficient (Wildman–Crippen LogP) is 1.69. The molecule has 0 aliphatic heterocycles. The second-order valence-electron chi connectivity index (χ2n) is 5.81. The molecule has 0 saturated heterocycles. The van der Waals surface area contributed by atoms with Gasteiger partial charge in [0, 0.05) is 29.9 Å². The van der Waals surface area contributed by atoms with E-state index in [9.17, 15) is 18.5 Å². The van der Waals surface area contributed by atoms with Crippen molar-refractivity contribution in [2.45, 2.75) is 11.4 Å². The topological polar surface area (TPSA) is 128 Å². The molecule has 0 aliphatic carbocycles. The Hall–Kier alpha value is -3.48. The molecule has 3 N–H and O–H groups in total. The largest absolute Gasteiger partial charge is 0.347 e. The molecule has 0 spiro atoms. The number of carbonyl (C=O) groups excluding carboxylic acids is 1. The average Bonchev–Trinajstić information content (AvgIpc) is 3.13. The van der Waals surface area contributed by atoms with E-state index in [2.05, 4.69) is 20.0 Å². The number of H-pyrrole nitrogens is 1. The molecule has 28 heavy (non-hydrogen) atoms. The third-order valence-electron chi connectivity index (χ3n) is 4.12. The van der Waals surface area contributed by atoms with Gasteiger partial charge in [0.15, 0.2) is 0 Å². The summed E-state index contributed by atoms with van der Waals surface area (Å²) in [5.74, 6) is -0.600. The molecule has 8 nitrogen and oxygen atoms in total. The van der Waals surface area contributed by atoms with Crippen LogP contribution in [0.3, 0.4) is 0 Å². The fourth-order valence-corrected chi connectivity index (χ4v) is 3.66. The highest BCUT2D eigenvalue weighted by Crippen LogP contribution is 2.19. The maximum Gasteiger partial charge on any atom is 0.262 e. The average molecular weight is 395 g/mol. The number of benzene rings is 1. The van der Waals surface area contributed by atoms with Gasteiger partial charge in [-0.05, 0) is 36.9 Å². The molecule has 2 heterocycles. The first kappa shape index (κ1) is 19.3. The number of fused-ring (bicyclic) bond motifs is 1. The van der Waals surface area contributed by atoms with Crippen LogP contribution in [0, 0.1) is 11.3 Å². The van der Waals surface area contributed by atoms with Crippen molar-refractivity contribution in [2.24, 2.45) is 0 Å². The van der Waals surface area contributed by atoms with E-state index >= 15 is 0 Å². The van der Waals surface area contributed by atoms with E-state index in [0.717, 1.165) is 5.39 Å². The molecule has 9 heteroatoms. The highest BCUT2D eigenvalue weighted by atomic mass is 32.2. The van der Waals surface area contributed by atoms with Crippen LogP contribution in [0.2, 0.25) is 0 Å². The van der Waals surface area contributed by atoms with Crippen molar-refractivity contribution in [1.82, 2.24) is 20.0 Å². The Morgan fingerprint density at radius 1 is 1.29 bits per heavy atom. The molecule has 0 atom stereocenters. The third kappa shape index (κ3) is 3.93. The Morgan fingerprint density at radius 2 is 2.07 bits per heavy atom. The lowest BCUT2D eigenvalue weighted by molar-refractivity contribution is -0.117. The van der Waals surface area contributed by atoms with Crippen LogP contribution in [0.25, 0.3) is 17.1 Å². The summed E-state index contributed by atoms with van der Waals surface area (Å²) in [6, 6.07) is 11.8. The summed E-state index contributed by atoms with van der Waals surface area (Å²) < 4.78 is 26.4. The zero-order valence-electron chi connectivity index (χ0n) is 14.9. The van der Waals surface area contributed by atoms with Gasteiger partial charge < -0.3 is 10.3 Å². The minimum atomic E-state index is -3.66. The molecule has 1 aromatic carbocycles. The van der Waals surface area contributed by atoms with E-state index in [1.165, 1.54) is 19.2 Å². The van der Waals surface area contributed by atoms with Crippen molar-refractivity contribution in [2.75, 3.05) is 7.05 Å². The van der Waals surface area contributed by atoms with Crippen LogP contribution < -0.4 is 10.0 Å². The minimum Gasteiger partial charge on any atom is -0.347 e. The van der Waals surface area contributed by atoms with Crippen molar-refractivity contribution >= 4 is 33.0 Å². The molecule has 0 fully saturated rings. The molecule has 3 aromatic rings. The first-order chi connectivity index (χ1) is 13.5. The summed E-state index contributed by atoms with van der Waals surface area (Å²) >= 11 is 0. The molecular weight excluding hydrogens is 378 g/mol. The second-order valence-corrected chi connectivity index (χ2v) is 7.67. The molecule has 142 valence electrons. The molecule has 0 bridgehead atoms. The minimum absolute atomic E-state index is 0.0373. The van der Waals surface area contributed by atoms with Gasteiger partial charge >= 0.3 is 0 Å². The molecule has 0 radical (unpaired) electrons. The van der Waals surface area contributed by atoms with Crippen LogP contribution in [0.4, 0.5) is 0 Å². The van der Waals surface area contributed by atoms with Crippen molar-refractivity contribution in [3.8, 4) is 6.07 Å². The number of hydrogen-bond donors (Lipinski definition) is 3. The van der Waals surface area contributed by atoms with E-state index in [-0.39, 0.29) is 17.0 Å². The number of aromatic nitrogens is 2. The van der Waals surface area contributed by atoms with Gasteiger partial charge in [-0.2, -0.15) is 5.26 Å².